The third-order valence-corrected chi connectivity index (χ3v) is 4.48. The van der Waals surface area contributed by atoms with Crippen molar-refractivity contribution in [1.29, 1.82) is 0 Å². The Morgan fingerprint density at radius 1 is 1.45 bits per heavy atom. The van der Waals surface area contributed by atoms with Crippen molar-refractivity contribution in [3.63, 3.8) is 0 Å². The average Bonchev–Trinajstić information content (AvgIpc) is 2.52. The molecule has 22 heavy (non-hydrogen) atoms. The van der Waals surface area contributed by atoms with Gasteiger partial charge in [0.2, 0.25) is 5.91 Å². The number of hydrogen-bond donors (Lipinski definition) is 1. The zero-order chi connectivity index (χ0) is 16.1. The predicted octanol–water partition coefficient (Wildman–Crippen LogP) is 2.57. The lowest BCUT2D eigenvalue weighted by Gasteiger charge is -2.27. The van der Waals surface area contributed by atoms with Gasteiger partial charge >= 0.3 is 0 Å². The molecule has 122 valence electrons. The second-order valence-corrected chi connectivity index (χ2v) is 6.46. The molecule has 0 bridgehead atoms. The van der Waals surface area contributed by atoms with Crippen molar-refractivity contribution in [2.24, 2.45) is 0 Å². The van der Waals surface area contributed by atoms with Crippen LogP contribution in [0, 0.1) is 0 Å². The smallest absolute Gasteiger partial charge is 0.223 e. The molecule has 0 spiro atoms. The number of nitrogens with one attached hydrogen (secondary N) is 1. The highest BCUT2D eigenvalue weighted by Crippen LogP contribution is 2.33. The number of hydrogen-bond acceptors (Lipinski definition) is 3. The van der Waals surface area contributed by atoms with Gasteiger partial charge in [0.25, 0.3) is 0 Å². The highest BCUT2D eigenvalue weighted by Gasteiger charge is 2.21. The molecule has 1 N–H and O–H groups in total. The summed E-state index contributed by atoms with van der Waals surface area (Å²) >= 11 is 0. The number of fused-ring (bicyclic) bond motifs is 1. The maximum Gasteiger partial charge on any atom is 0.223 e. The number of ether oxygens (including phenoxy) is 1. The molecule has 2 atom stereocenters. The first kappa shape index (κ1) is 16.8. The maximum absolute atomic E-state index is 11.7. The first-order chi connectivity index (χ1) is 10.5. The molecule has 2 rings (SSSR count). The van der Waals surface area contributed by atoms with E-state index in [0.29, 0.717) is 12.3 Å². The minimum atomic E-state index is 0.175. The first-order valence-corrected chi connectivity index (χ1v) is 8.11. The fourth-order valence-corrected chi connectivity index (χ4v) is 3.09. The van der Waals surface area contributed by atoms with Crippen LogP contribution in [0.3, 0.4) is 0 Å². The van der Waals surface area contributed by atoms with Crippen LogP contribution in [-0.2, 0) is 11.2 Å². The summed E-state index contributed by atoms with van der Waals surface area (Å²) in [6.07, 6.45) is 4.12. The second-order valence-electron chi connectivity index (χ2n) is 6.46. The number of methoxy groups -OCH3 is 1. The minimum absolute atomic E-state index is 0.175. The molecular weight excluding hydrogens is 276 g/mol. The molecule has 0 saturated heterocycles. The standard InChI is InChI=1S/C18H28N2O2/c1-13(10-18(21)20(2)3)19-12-15-7-5-6-14-11-16(22-4)8-9-17(14)15/h8-9,11,13,15,19H,5-7,10,12H2,1-4H3/t13-,15-/m0/s1. The lowest BCUT2D eigenvalue weighted by molar-refractivity contribution is -0.129. The molecule has 1 aliphatic rings. The van der Waals surface area contributed by atoms with E-state index >= 15 is 0 Å². The van der Waals surface area contributed by atoms with E-state index in [9.17, 15) is 4.79 Å². The van der Waals surface area contributed by atoms with Crippen LogP contribution >= 0.6 is 0 Å². The number of carbonyl (C=O) groups is 1. The van der Waals surface area contributed by atoms with Crippen molar-refractivity contribution >= 4 is 5.91 Å². The Morgan fingerprint density at radius 2 is 2.23 bits per heavy atom. The summed E-state index contributed by atoms with van der Waals surface area (Å²) in [4.78, 5) is 13.4. The van der Waals surface area contributed by atoms with Crippen LogP contribution in [0.2, 0.25) is 0 Å². The number of aryl methyl sites for hydroxylation is 1. The topological polar surface area (TPSA) is 41.6 Å². The molecule has 0 radical (unpaired) electrons. The third-order valence-electron chi connectivity index (χ3n) is 4.48. The molecule has 0 unspecified atom stereocenters. The van der Waals surface area contributed by atoms with E-state index in [-0.39, 0.29) is 11.9 Å². The molecule has 0 aromatic heterocycles. The minimum Gasteiger partial charge on any atom is -0.497 e. The number of rotatable bonds is 6. The van der Waals surface area contributed by atoms with Gasteiger partial charge in [0, 0.05) is 33.1 Å². The van der Waals surface area contributed by atoms with E-state index < -0.39 is 0 Å². The summed E-state index contributed by atoms with van der Waals surface area (Å²) in [6, 6.07) is 6.63. The van der Waals surface area contributed by atoms with Crippen LogP contribution in [0.4, 0.5) is 0 Å². The van der Waals surface area contributed by atoms with Crippen molar-refractivity contribution in [3.8, 4) is 5.75 Å². The molecule has 4 heteroatoms. The third kappa shape index (κ3) is 4.23. The van der Waals surface area contributed by atoms with Crippen molar-refractivity contribution in [2.45, 2.75) is 44.6 Å². The van der Waals surface area contributed by atoms with Gasteiger partial charge in [0.1, 0.15) is 5.75 Å². The molecule has 0 heterocycles. The van der Waals surface area contributed by atoms with E-state index in [1.165, 1.54) is 24.0 Å². The summed E-state index contributed by atoms with van der Waals surface area (Å²) in [7, 11) is 5.33. The largest absolute Gasteiger partial charge is 0.497 e. The molecule has 0 fully saturated rings. The molecule has 1 aliphatic carbocycles. The summed E-state index contributed by atoms with van der Waals surface area (Å²) in [5.41, 5.74) is 2.85. The summed E-state index contributed by atoms with van der Waals surface area (Å²) in [5.74, 6) is 1.65. The van der Waals surface area contributed by atoms with Gasteiger partial charge in [-0.05, 0) is 55.4 Å². The summed E-state index contributed by atoms with van der Waals surface area (Å²) < 4.78 is 5.32. The van der Waals surface area contributed by atoms with E-state index in [4.69, 9.17) is 4.74 Å². The first-order valence-electron chi connectivity index (χ1n) is 8.11. The Labute approximate surface area is 133 Å². The lowest BCUT2D eigenvalue weighted by atomic mass is 9.82. The van der Waals surface area contributed by atoms with Crippen molar-refractivity contribution in [2.75, 3.05) is 27.7 Å². The van der Waals surface area contributed by atoms with E-state index in [0.717, 1.165) is 18.7 Å². The molecule has 0 aliphatic heterocycles. The van der Waals surface area contributed by atoms with E-state index in [2.05, 4.69) is 30.4 Å². The monoisotopic (exact) mass is 304 g/mol. The quantitative estimate of drug-likeness (QED) is 0.878. The van der Waals surface area contributed by atoms with Crippen LogP contribution in [-0.4, -0.2) is 44.6 Å². The molecule has 0 saturated carbocycles. The van der Waals surface area contributed by atoms with E-state index in [1.807, 2.05) is 0 Å². The Bertz CT molecular complexity index is 514. The molecule has 1 amide bonds. The average molecular weight is 304 g/mol. The van der Waals surface area contributed by atoms with E-state index in [1.54, 1.807) is 26.1 Å². The fourth-order valence-electron chi connectivity index (χ4n) is 3.09. The Morgan fingerprint density at radius 3 is 2.91 bits per heavy atom. The van der Waals surface area contributed by atoms with Gasteiger partial charge in [-0.1, -0.05) is 6.07 Å². The molecule has 1 aromatic rings. The number of amides is 1. The van der Waals surface area contributed by atoms with Gasteiger partial charge < -0.3 is 15.0 Å². The number of nitrogens with zero attached hydrogens (tertiary/aromatic N) is 1. The summed E-state index contributed by atoms with van der Waals surface area (Å²) in [6.45, 7) is 3.01. The van der Waals surface area contributed by atoms with Crippen molar-refractivity contribution < 1.29 is 9.53 Å². The Balaban J connectivity index is 1.93. The van der Waals surface area contributed by atoms with Crippen LogP contribution in [0.1, 0.15) is 43.2 Å². The molecule has 4 nitrogen and oxygen atoms in total. The zero-order valence-corrected chi connectivity index (χ0v) is 14.2. The number of benzene rings is 1. The van der Waals surface area contributed by atoms with Gasteiger partial charge in [-0.2, -0.15) is 0 Å². The van der Waals surface area contributed by atoms with Crippen LogP contribution in [0.5, 0.6) is 5.75 Å². The van der Waals surface area contributed by atoms with Crippen molar-refractivity contribution in [3.05, 3.63) is 29.3 Å². The van der Waals surface area contributed by atoms with Crippen LogP contribution in [0.15, 0.2) is 18.2 Å². The number of carbonyl (C=O) groups excluding carboxylic acids is 1. The highest BCUT2D eigenvalue weighted by atomic mass is 16.5. The molecular formula is C18H28N2O2. The maximum atomic E-state index is 11.7. The SMILES string of the molecule is COc1ccc2c(c1)CCC[C@H]2CN[C@@H](C)CC(=O)N(C)C. The summed E-state index contributed by atoms with van der Waals surface area (Å²) in [5, 5.41) is 3.53. The fraction of sp³-hybridized carbons (Fsp3) is 0.611. The van der Waals surface area contributed by atoms with Crippen LogP contribution < -0.4 is 10.1 Å². The van der Waals surface area contributed by atoms with Crippen LogP contribution in [0.25, 0.3) is 0 Å². The Kier molecular flexibility index (Phi) is 5.83. The highest BCUT2D eigenvalue weighted by molar-refractivity contribution is 5.76. The Hall–Kier alpha value is -1.55. The normalized spacial score (nSPS) is 18.5. The van der Waals surface area contributed by atoms with Gasteiger partial charge in [-0.15, -0.1) is 0 Å². The zero-order valence-electron chi connectivity index (χ0n) is 14.2. The van der Waals surface area contributed by atoms with Crippen molar-refractivity contribution in [1.82, 2.24) is 10.2 Å². The predicted molar refractivity (Wildman–Crippen MR) is 89.4 cm³/mol. The lowest BCUT2D eigenvalue weighted by Crippen LogP contribution is -2.36. The molecule has 1 aromatic carbocycles. The van der Waals surface area contributed by atoms with Gasteiger partial charge in [-0.25, -0.2) is 0 Å². The van der Waals surface area contributed by atoms with Gasteiger partial charge in [-0.3, -0.25) is 4.79 Å². The second kappa shape index (κ2) is 7.63. The van der Waals surface area contributed by atoms with Gasteiger partial charge in [0.05, 0.1) is 7.11 Å². The van der Waals surface area contributed by atoms with Gasteiger partial charge in [0.15, 0.2) is 0 Å².